The fourth-order valence-corrected chi connectivity index (χ4v) is 1.71. The second-order valence-electron chi connectivity index (χ2n) is 1.91. The minimum atomic E-state index is -0.0856. The Balaban J connectivity index is 2.74. The molecule has 0 aliphatic heterocycles. The van der Waals surface area contributed by atoms with Crippen molar-refractivity contribution in [1.82, 2.24) is 5.32 Å². The molecule has 10 heavy (non-hydrogen) atoms. The zero-order valence-electron chi connectivity index (χ0n) is 5.60. The highest BCUT2D eigenvalue weighted by Crippen LogP contribution is 2.24. The van der Waals surface area contributed by atoms with Crippen LogP contribution in [-0.4, -0.2) is 7.05 Å². The van der Waals surface area contributed by atoms with Crippen molar-refractivity contribution in [2.45, 2.75) is 6.17 Å². The Hall–Kier alpha value is -0.0900. The lowest BCUT2D eigenvalue weighted by Gasteiger charge is -2.05. The van der Waals surface area contributed by atoms with E-state index in [0.717, 1.165) is 9.21 Å². The largest absolute Gasteiger partial charge is 0.311 e. The Kier molecular flexibility index (Phi) is 2.68. The third kappa shape index (κ3) is 1.70. The summed E-state index contributed by atoms with van der Waals surface area (Å²) < 4.78 is 0.778. The van der Waals surface area contributed by atoms with Crippen LogP contribution in [-0.2, 0) is 0 Å². The van der Waals surface area contributed by atoms with Crippen molar-refractivity contribution in [2.24, 2.45) is 5.73 Å². The fraction of sp³-hybridized carbons (Fsp3) is 0.333. The molecule has 0 bridgehead atoms. The van der Waals surface area contributed by atoms with E-state index in [0.29, 0.717) is 0 Å². The molecule has 1 aromatic rings. The summed E-state index contributed by atoms with van der Waals surface area (Å²) in [4.78, 5) is 1.06. The highest BCUT2D eigenvalue weighted by Gasteiger charge is 2.04. The number of rotatable bonds is 2. The van der Waals surface area contributed by atoms with E-state index in [2.05, 4.69) is 5.32 Å². The second kappa shape index (κ2) is 3.34. The van der Waals surface area contributed by atoms with Crippen LogP contribution in [0, 0.1) is 0 Å². The van der Waals surface area contributed by atoms with E-state index in [1.54, 1.807) is 0 Å². The van der Waals surface area contributed by atoms with Crippen LogP contribution in [0.5, 0.6) is 0 Å². The number of thiophene rings is 1. The van der Waals surface area contributed by atoms with Crippen molar-refractivity contribution in [3.63, 3.8) is 0 Å². The van der Waals surface area contributed by atoms with Gasteiger partial charge in [0.2, 0.25) is 0 Å². The van der Waals surface area contributed by atoms with Crippen molar-refractivity contribution in [1.29, 1.82) is 0 Å². The zero-order valence-corrected chi connectivity index (χ0v) is 7.17. The van der Waals surface area contributed by atoms with Gasteiger partial charge in [-0.05, 0) is 19.2 Å². The molecule has 1 heterocycles. The summed E-state index contributed by atoms with van der Waals surface area (Å²) in [6.45, 7) is 0. The monoisotopic (exact) mass is 176 g/mol. The Bertz CT molecular complexity index is 211. The van der Waals surface area contributed by atoms with Crippen molar-refractivity contribution in [3.05, 3.63) is 21.3 Å². The number of hydrogen-bond acceptors (Lipinski definition) is 3. The van der Waals surface area contributed by atoms with Gasteiger partial charge in [0.05, 0.1) is 10.5 Å². The summed E-state index contributed by atoms with van der Waals surface area (Å²) >= 11 is 7.19. The number of hydrogen-bond donors (Lipinski definition) is 2. The van der Waals surface area contributed by atoms with Crippen LogP contribution in [0.3, 0.4) is 0 Å². The molecule has 0 amide bonds. The topological polar surface area (TPSA) is 38.0 Å². The summed E-state index contributed by atoms with van der Waals surface area (Å²) in [6, 6.07) is 3.77. The molecule has 0 aliphatic carbocycles. The highest BCUT2D eigenvalue weighted by molar-refractivity contribution is 7.16. The molecule has 1 aromatic heterocycles. The van der Waals surface area contributed by atoms with E-state index >= 15 is 0 Å². The van der Waals surface area contributed by atoms with E-state index in [1.165, 1.54) is 11.3 Å². The first-order valence-electron chi connectivity index (χ1n) is 2.92. The first kappa shape index (κ1) is 8.01. The van der Waals surface area contributed by atoms with E-state index in [-0.39, 0.29) is 6.17 Å². The lowest BCUT2D eigenvalue weighted by Crippen LogP contribution is -2.23. The van der Waals surface area contributed by atoms with Crippen LogP contribution in [0.4, 0.5) is 0 Å². The molecule has 1 unspecified atom stereocenters. The third-order valence-corrected chi connectivity index (χ3v) is 2.53. The van der Waals surface area contributed by atoms with Crippen LogP contribution >= 0.6 is 22.9 Å². The molecule has 56 valence electrons. The molecule has 1 rings (SSSR count). The van der Waals surface area contributed by atoms with Gasteiger partial charge in [-0.1, -0.05) is 11.6 Å². The van der Waals surface area contributed by atoms with Crippen LogP contribution in [0.2, 0.25) is 4.34 Å². The van der Waals surface area contributed by atoms with E-state index in [9.17, 15) is 0 Å². The quantitative estimate of drug-likeness (QED) is 0.672. The molecule has 0 saturated heterocycles. The van der Waals surface area contributed by atoms with Crippen LogP contribution in [0.1, 0.15) is 11.0 Å². The molecule has 4 heteroatoms. The van der Waals surface area contributed by atoms with Crippen molar-refractivity contribution >= 4 is 22.9 Å². The van der Waals surface area contributed by atoms with Gasteiger partial charge in [-0.15, -0.1) is 11.3 Å². The Labute approximate surface area is 69.0 Å². The Morgan fingerprint density at radius 1 is 1.70 bits per heavy atom. The third-order valence-electron chi connectivity index (χ3n) is 1.21. The normalized spacial score (nSPS) is 13.5. The van der Waals surface area contributed by atoms with Gasteiger partial charge in [-0.25, -0.2) is 0 Å². The van der Waals surface area contributed by atoms with Crippen LogP contribution in [0.25, 0.3) is 0 Å². The van der Waals surface area contributed by atoms with E-state index in [1.807, 2.05) is 19.2 Å². The standard InChI is InChI=1S/C6H9ClN2S/c1-9-6(8)4-2-3-5(7)10-4/h2-3,6,9H,8H2,1H3. The predicted molar refractivity (Wildman–Crippen MR) is 45.3 cm³/mol. The maximum Gasteiger partial charge on any atom is 0.0932 e. The molecular formula is C6H9ClN2S. The Morgan fingerprint density at radius 2 is 2.40 bits per heavy atom. The fourth-order valence-electron chi connectivity index (χ4n) is 0.638. The molecule has 1 atom stereocenters. The lowest BCUT2D eigenvalue weighted by molar-refractivity contribution is 0.633. The van der Waals surface area contributed by atoms with Crippen LogP contribution in [0.15, 0.2) is 12.1 Å². The summed E-state index contributed by atoms with van der Waals surface area (Å²) in [7, 11) is 1.82. The van der Waals surface area contributed by atoms with Gasteiger partial charge in [-0.3, -0.25) is 0 Å². The summed E-state index contributed by atoms with van der Waals surface area (Å²) in [5.41, 5.74) is 5.65. The highest BCUT2D eigenvalue weighted by atomic mass is 35.5. The minimum Gasteiger partial charge on any atom is -0.311 e. The van der Waals surface area contributed by atoms with Crippen molar-refractivity contribution in [2.75, 3.05) is 7.05 Å². The summed E-state index contributed by atoms with van der Waals surface area (Å²) in [6.07, 6.45) is -0.0856. The average molecular weight is 177 g/mol. The number of nitrogens with one attached hydrogen (secondary N) is 1. The maximum absolute atomic E-state index is 5.70. The van der Waals surface area contributed by atoms with Crippen molar-refractivity contribution in [3.8, 4) is 0 Å². The molecular weight excluding hydrogens is 168 g/mol. The maximum atomic E-state index is 5.70. The smallest absolute Gasteiger partial charge is 0.0932 e. The second-order valence-corrected chi connectivity index (χ2v) is 3.65. The van der Waals surface area contributed by atoms with Crippen LogP contribution < -0.4 is 11.1 Å². The van der Waals surface area contributed by atoms with Gasteiger partial charge in [0.1, 0.15) is 0 Å². The first-order valence-corrected chi connectivity index (χ1v) is 4.11. The van der Waals surface area contributed by atoms with Gasteiger partial charge in [0, 0.05) is 4.88 Å². The zero-order chi connectivity index (χ0) is 7.56. The van der Waals surface area contributed by atoms with Crippen molar-refractivity contribution < 1.29 is 0 Å². The van der Waals surface area contributed by atoms with Gasteiger partial charge in [-0.2, -0.15) is 0 Å². The van der Waals surface area contributed by atoms with Gasteiger partial charge in [0.15, 0.2) is 0 Å². The van der Waals surface area contributed by atoms with Gasteiger partial charge >= 0.3 is 0 Å². The van der Waals surface area contributed by atoms with E-state index < -0.39 is 0 Å². The molecule has 0 aliphatic rings. The van der Waals surface area contributed by atoms with Gasteiger partial charge in [0.25, 0.3) is 0 Å². The molecule has 0 saturated carbocycles. The minimum absolute atomic E-state index is 0.0856. The molecule has 0 fully saturated rings. The Morgan fingerprint density at radius 3 is 2.80 bits per heavy atom. The average Bonchev–Trinajstić information content (AvgIpc) is 2.34. The lowest BCUT2D eigenvalue weighted by atomic mass is 10.4. The molecule has 0 radical (unpaired) electrons. The molecule has 0 aromatic carbocycles. The summed E-state index contributed by atoms with van der Waals surface area (Å²) in [5, 5.41) is 2.92. The first-order chi connectivity index (χ1) is 4.74. The molecule has 3 N–H and O–H groups in total. The SMILES string of the molecule is CNC(N)c1ccc(Cl)s1. The number of nitrogens with two attached hydrogens (primary N) is 1. The van der Waals surface area contributed by atoms with Gasteiger partial charge < -0.3 is 11.1 Å². The number of halogens is 1. The van der Waals surface area contributed by atoms with E-state index in [4.69, 9.17) is 17.3 Å². The predicted octanol–water partition coefficient (Wildman–Crippen LogP) is 1.58. The summed E-state index contributed by atoms with van der Waals surface area (Å²) in [5.74, 6) is 0. The molecule has 0 spiro atoms. The molecule has 2 nitrogen and oxygen atoms in total.